The molecule has 3 atom stereocenters. The van der Waals surface area contributed by atoms with Crippen LogP contribution in [0.4, 0.5) is 4.39 Å². The first-order valence-electron chi connectivity index (χ1n) is 8.79. The normalized spacial score (nSPS) is 21.8. The van der Waals surface area contributed by atoms with Gasteiger partial charge in [-0.25, -0.2) is 4.39 Å². The van der Waals surface area contributed by atoms with E-state index in [0.29, 0.717) is 17.8 Å². The highest BCUT2D eigenvalue weighted by molar-refractivity contribution is 5.21. The molecule has 7 heteroatoms. The molecule has 25 heavy (non-hydrogen) atoms. The van der Waals surface area contributed by atoms with Gasteiger partial charge in [0.05, 0.1) is 6.04 Å². The Hall–Kier alpha value is -1.83. The number of nitrogens with one attached hydrogen (secondary N) is 2. The second kappa shape index (κ2) is 8.03. The summed E-state index contributed by atoms with van der Waals surface area (Å²) in [4.78, 5) is 2.22. The average Bonchev–Trinajstić information content (AvgIpc) is 3.23. The maximum atomic E-state index is 13.4. The van der Waals surface area contributed by atoms with Crippen LogP contribution in [0, 0.1) is 12.7 Å². The van der Waals surface area contributed by atoms with Gasteiger partial charge in [-0.05, 0) is 57.5 Å². The van der Waals surface area contributed by atoms with Gasteiger partial charge in [-0.1, -0.05) is 12.1 Å². The van der Waals surface area contributed by atoms with Crippen molar-refractivity contribution in [1.29, 1.82) is 0 Å². The number of aryl methyl sites for hydroxylation is 1. The molecule has 2 aromatic rings. The zero-order chi connectivity index (χ0) is 17.8. The van der Waals surface area contributed by atoms with Crippen LogP contribution >= 0.6 is 0 Å². The molecule has 0 spiro atoms. The van der Waals surface area contributed by atoms with Gasteiger partial charge < -0.3 is 4.42 Å². The first kappa shape index (κ1) is 18.0. The zero-order valence-electron chi connectivity index (χ0n) is 15.0. The lowest BCUT2D eigenvalue weighted by Crippen LogP contribution is -2.32. The van der Waals surface area contributed by atoms with Gasteiger partial charge in [0.2, 0.25) is 11.8 Å². The van der Waals surface area contributed by atoms with E-state index in [9.17, 15) is 4.39 Å². The number of hydrogen-bond acceptors (Lipinski definition) is 6. The minimum atomic E-state index is -0.186. The van der Waals surface area contributed by atoms with Crippen molar-refractivity contribution >= 4 is 0 Å². The Balaban J connectivity index is 1.42. The van der Waals surface area contributed by atoms with E-state index in [4.69, 9.17) is 4.42 Å². The SMILES string of the molecule is Cc1nnc(C(C)N(C)CCCC2CC(c3cccc(F)c3)NN2)o1. The molecule has 3 unspecified atom stereocenters. The lowest BCUT2D eigenvalue weighted by Gasteiger charge is -2.22. The second-order valence-corrected chi connectivity index (χ2v) is 6.79. The van der Waals surface area contributed by atoms with Crippen LogP contribution in [0.1, 0.15) is 55.6 Å². The number of benzene rings is 1. The third-order valence-electron chi connectivity index (χ3n) is 4.86. The quantitative estimate of drug-likeness (QED) is 0.803. The van der Waals surface area contributed by atoms with Gasteiger partial charge in [0.1, 0.15) is 5.82 Å². The van der Waals surface area contributed by atoms with Crippen molar-refractivity contribution in [1.82, 2.24) is 25.9 Å². The van der Waals surface area contributed by atoms with Crippen molar-refractivity contribution in [3.8, 4) is 0 Å². The van der Waals surface area contributed by atoms with Crippen LogP contribution in [0.2, 0.25) is 0 Å². The highest BCUT2D eigenvalue weighted by atomic mass is 19.1. The number of rotatable bonds is 7. The molecule has 6 nitrogen and oxygen atoms in total. The van der Waals surface area contributed by atoms with Crippen molar-refractivity contribution in [3.05, 3.63) is 47.4 Å². The average molecular weight is 347 g/mol. The van der Waals surface area contributed by atoms with E-state index in [1.54, 1.807) is 19.1 Å². The van der Waals surface area contributed by atoms with Crippen LogP contribution < -0.4 is 10.9 Å². The molecule has 0 radical (unpaired) electrons. The Labute approximate surface area is 147 Å². The molecule has 2 N–H and O–H groups in total. The van der Waals surface area contributed by atoms with Crippen molar-refractivity contribution in [2.24, 2.45) is 0 Å². The molecule has 0 bridgehead atoms. The molecular weight excluding hydrogens is 321 g/mol. The Morgan fingerprint density at radius 2 is 2.20 bits per heavy atom. The van der Waals surface area contributed by atoms with E-state index in [0.717, 1.165) is 31.4 Å². The smallest absolute Gasteiger partial charge is 0.233 e. The van der Waals surface area contributed by atoms with E-state index in [-0.39, 0.29) is 17.9 Å². The molecule has 1 aromatic heterocycles. The van der Waals surface area contributed by atoms with Gasteiger partial charge in [-0.3, -0.25) is 15.8 Å². The maximum Gasteiger partial charge on any atom is 0.233 e. The third-order valence-corrected chi connectivity index (χ3v) is 4.86. The molecule has 1 aliphatic rings. The Kier molecular flexibility index (Phi) is 5.78. The Morgan fingerprint density at radius 1 is 1.36 bits per heavy atom. The molecule has 0 amide bonds. The van der Waals surface area contributed by atoms with Gasteiger partial charge >= 0.3 is 0 Å². The molecular formula is C18H26FN5O. The topological polar surface area (TPSA) is 66.2 Å². The molecule has 0 saturated carbocycles. The number of hydrogen-bond donors (Lipinski definition) is 2. The Bertz CT molecular complexity index is 692. The van der Waals surface area contributed by atoms with E-state index >= 15 is 0 Å². The molecule has 1 fully saturated rings. The minimum absolute atomic E-state index is 0.107. The highest BCUT2D eigenvalue weighted by Gasteiger charge is 2.25. The third kappa shape index (κ3) is 4.62. The minimum Gasteiger partial charge on any atom is -0.424 e. The van der Waals surface area contributed by atoms with Crippen LogP contribution in [0.3, 0.4) is 0 Å². The largest absolute Gasteiger partial charge is 0.424 e. The summed E-state index contributed by atoms with van der Waals surface area (Å²) in [6.45, 7) is 4.82. The van der Waals surface area contributed by atoms with E-state index < -0.39 is 0 Å². The summed E-state index contributed by atoms with van der Waals surface area (Å²) in [5.41, 5.74) is 7.60. The Morgan fingerprint density at radius 3 is 2.92 bits per heavy atom. The van der Waals surface area contributed by atoms with E-state index in [1.165, 1.54) is 6.07 Å². The summed E-state index contributed by atoms with van der Waals surface area (Å²) in [6, 6.07) is 7.47. The van der Waals surface area contributed by atoms with Crippen LogP contribution in [-0.2, 0) is 0 Å². The number of halogens is 1. The van der Waals surface area contributed by atoms with E-state index in [2.05, 4.69) is 39.9 Å². The first-order valence-corrected chi connectivity index (χ1v) is 8.79. The second-order valence-electron chi connectivity index (χ2n) is 6.79. The van der Waals surface area contributed by atoms with Gasteiger partial charge in [-0.15, -0.1) is 10.2 Å². The predicted molar refractivity (Wildman–Crippen MR) is 93.1 cm³/mol. The summed E-state index contributed by atoms with van der Waals surface area (Å²) in [5, 5.41) is 7.98. The number of aromatic nitrogens is 2. The fraction of sp³-hybridized carbons (Fsp3) is 0.556. The highest BCUT2D eigenvalue weighted by Crippen LogP contribution is 2.25. The monoisotopic (exact) mass is 347 g/mol. The number of nitrogens with zero attached hydrogens (tertiary/aromatic N) is 3. The van der Waals surface area contributed by atoms with Crippen molar-refractivity contribution in [2.75, 3.05) is 13.6 Å². The van der Waals surface area contributed by atoms with Crippen LogP contribution in [0.15, 0.2) is 28.7 Å². The van der Waals surface area contributed by atoms with Crippen LogP contribution in [0.5, 0.6) is 0 Å². The van der Waals surface area contributed by atoms with Gasteiger partial charge in [-0.2, -0.15) is 0 Å². The molecule has 1 aliphatic heterocycles. The molecule has 2 heterocycles. The van der Waals surface area contributed by atoms with Crippen LogP contribution in [-0.4, -0.2) is 34.7 Å². The lowest BCUT2D eigenvalue weighted by atomic mass is 9.99. The lowest BCUT2D eigenvalue weighted by molar-refractivity contribution is 0.216. The van der Waals surface area contributed by atoms with Crippen molar-refractivity contribution in [2.45, 2.75) is 51.2 Å². The van der Waals surface area contributed by atoms with Crippen molar-refractivity contribution < 1.29 is 8.81 Å². The maximum absolute atomic E-state index is 13.4. The molecule has 136 valence electrons. The summed E-state index contributed by atoms with van der Waals surface area (Å²) in [7, 11) is 2.07. The molecule has 3 rings (SSSR count). The predicted octanol–water partition coefficient (Wildman–Crippen LogP) is 2.90. The fourth-order valence-electron chi connectivity index (χ4n) is 3.20. The summed E-state index contributed by atoms with van der Waals surface area (Å²) in [5.74, 6) is 1.07. The standard InChI is InChI=1S/C18H26FN5O/c1-12(18-23-20-13(2)25-18)24(3)9-5-8-16-11-17(22-21-16)14-6-4-7-15(19)10-14/h4,6-7,10,12,16-17,21-22H,5,8-9,11H2,1-3H3. The van der Waals surface area contributed by atoms with Gasteiger partial charge in [0.15, 0.2) is 0 Å². The van der Waals surface area contributed by atoms with Gasteiger partial charge in [0, 0.05) is 19.0 Å². The van der Waals surface area contributed by atoms with Gasteiger partial charge in [0.25, 0.3) is 0 Å². The van der Waals surface area contributed by atoms with Crippen molar-refractivity contribution in [3.63, 3.8) is 0 Å². The number of hydrazine groups is 1. The fourth-order valence-corrected chi connectivity index (χ4v) is 3.20. The van der Waals surface area contributed by atoms with E-state index in [1.807, 2.05) is 6.07 Å². The molecule has 0 aliphatic carbocycles. The zero-order valence-corrected chi connectivity index (χ0v) is 15.0. The summed E-state index contributed by atoms with van der Waals surface area (Å²) < 4.78 is 18.9. The first-order chi connectivity index (χ1) is 12.0. The molecule has 1 saturated heterocycles. The van der Waals surface area contributed by atoms with Crippen LogP contribution in [0.25, 0.3) is 0 Å². The molecule has 1 aromatic carbocycles. The summed E-state index contributed by atoms with van der Waals surface area (Å²) >= 11 is 0. The summed E-state index contributed by atoms with van der Waals surface area (Å²) in [6.07, 6.45) is 3.08.